The van der Waals surface area contributed by atoms with Crippen LogP contribution in [0.15, 0.2) is 76.6 Å². The van der Waals surface area contributed by atoms with Gasteiger partial charge in [0.2, 0.25) is 5.91 Å². The van der Waals surface area contributed by atoms with E-state index < -0.39 is 0 Å². The number of rotatable bonds is 6. The lowest BCUT2D eigenvalue weighted by Crippen LogP contribution is -2.07. The lowest BCUT2D eigenvalue weighted by atomic mass is 10.3. The van der Waals surface area contributed by atoms with Gasteiger partial charge in [-0.3, -0.25) is 9.78 Å². The maximum absolute atomic E-state index is 11.9. The van der Waals surface area contributed by atoms with E-state index >= 15 is 0 Å². The van der Waals surface area contributed by atoms with Crippen molar-refractivity contribution in [3.63, 3.8) is 0 Å². The predicted octanol–water partition coefficient (Wildman–Crippen LogP) is 5.09. The molecule has 3 nitrogen and oxygen atoms in total. The van der Waals surface area contributed by atoms with Gasteiger partial charge >= 0.3 is 0 Å². The number of pyridine rings is 1. The van der Waals surface area contributed by atoms with Crippen molar-refractivity contribution < 1.29 is 4.79 Å². The van der Waals surface area contributed by atoms with Crippen LogP contribution in [0.1, 0.15) is 11.1 Å². The van der Waals surface area contributed by atoms with E-state index in [4.69, 9.17) is 0 Å². The lowest BCUT2D eigenvalue weighted by Gasteiger charge is -2.05. The number of hydrogen-bond acceptors (Lipinski definition) is 4. The van der Waals surface area contributed by atoms with Crippen molar-refractivity contribution in [3.8, 4) is 0 Å². The molecule has 0 bridgehead atoms. The Morgan fingerprint density at radius 1 is 1.21 bits per heavy atom. The van der Waals surface area contributed by atoms with Gasteiger partial charge in [0.05, 0.1) is 0 Å². The van der Waals surface area contributed by atoms with E-state index in [1.165, 1.54) is 5.56 Å². The highest BCUT2D eigenvalue weighted by molar-refractivity contribution is 7.98. The highest BCUT2D eigenvalue weighted by atomic mass is 32.2. The Morgan fingerprint density at radius 3 is 2.79 bits per heavy atom. The first-order valence-corrected chi connectivity index (χ1v) is 9.35. The normalized spacial score (nSPS) is 10.8. The number of benzene rings is 1. The fraction of sp³-hybridized carbons (Fsp3) is 0.0526. The Kier molecular flexibility index (Phi) is 5.82. The molecule has 0 unspecified atom stereocenters. The second-order valence-corrected chi connectivity index (χ2v) is 6.88. The molecule has 0 spiro atoms. The molecule has 3 aromatic rings. The summed E-state index contributed by atoms with van der Waals surface area (Å²) in [6.07, 6.45) is 7.01. The Labute approximate surface area is 149 Å². The number of nitrogens with one attached hydrogen (secondary N) is 1. The molecule has 0 fully saturated rings. The number of nitrogens with zero attached hydrogens (tertiary/aromatic N) is 1. The smallest absolute Gasteiger partial charge is 0.248 e. The largest absolute Gasteiger partial charge is 0.323 e. The Morgan fingerprint density at radius 2 is 2.08 bits per heavy atom. The topological polar surface area (TPSA) is 42.0 Å². The van der Waals surface area contributed by atoms with Crippen molar-refractivity contribution in [1.82, 2.24) is 4.98 Å². The maximum Gasteiger partial charge on any atom is 0.248 e. The van der Waals surface area contributed by atoms with Crippen LogP contribution in [-0.4, -0.2) is 10.9 Å². The molecule has 1 amide bonds. The standard InChI is InChI=1S/C19H16N2OS2/c22-19(8-3-15-9-11-23-13-15)21-17-4-6-18(7-5-17)24-14-16-2-1-10-20-12-16/h1-13H,14H2,(H,21,22)/b8-3+. The van der Waals surface area contributed by atoms with Crippen molar-refractivity contribution in [2.75, 3.05) is 5.32 Å². The molecule has 0 aliphatic carbocycles. The van der Waals surface area contributed by atoms with Crippen LogP contribution in [0.3, 0.4) is 0 Å². The zero-order chi connectivity index (χ0) is 16.6. The molecule has 0 aliphatic heterocycles. The first-order valence-electron chi connectivity index (χ1n) is 7.43. The van der Waals surface area contributed by atoms with Crippen LogP contribution in [0.25, 0.3) is 6.08 Å². The molecule has 5 heteroatoms. The van der Waals surface area contributed by atoms with E-state index in [1.54, 1.807) is 35.4 Å². The summed E-state index contributed by atoms with van der Waals surface area (Å²) < 4.78 is 0. The lowest BCUT2D eigenvalue weighted by molar-refractivity contribution is -0.111. The zero-order valence-electron chi connectivity index (χ0n) is 12.9. The van der Waals surface area contributed by atoms with E-state index in [0.717, 1.165) is 21.9 Å². The van der Waals surface area contributed by atoms with Crippen molar-refractivity contribution in [3.05, 3.63) is 82.8 Å². The summed E-state index contributed by atoms with van der Waals surface area (Å²) in [7, 11) is 0. The van der Waals surface area contributed by atoms with Gasteiger partial charge in [0.15, 0.2) is 0 Å². The van der Waals surface area contributed by atoms with Crippen molar-refractivity contribution in [2.24, 2.45) is 0 Å². The van der Waals surface area contributed by atoms with Gasteiger partial charge in [0, 0.05) is 34.8 Å². The highest BCUT2D eigenvalue weighted by Crippen LogP contribution is 2.23. The SMILES string of the molecule is O=C(/C=C/c1ccsc1)Nc1ccc(SCc2cccnc2)cc1. The Bertz CT molecular complexity index is 797. The average molecular weight is 352 g/mol. The number of hydrogen-bond donors (Lipinski definition) is 1. The van der Waals surface area contributed by atoms with Gasteiger partial charge in [-0.25, -0.2) is 0 Å². The fourth-order valence-corrected chi connectivity index (χ4v) is 3.47. The summed E-state index contributed by atoms with van der Waals surface area (Å²) in [6.45, 7) is 0. The average Bonchev–Trinajstić information content (AvgIpc) is 3.14. The third-order valence-corrected chi connectivity index (χ3v) is 5.01. The molecular weight excluding hydrogens is 336 g/mol. The monoisotopic (exact) mass is 352 g/mol. The minimum atomic E-state index is -0.128. The van der Waals surface area contributed by atoms with E-state index in [2.05, 4.69) is 16.4 Å². The minimum Gasteiger partial charge on any atom is -0.323 e. The molecule has 0 saturated heterocycles. The first-order chi connectivity index (χ1) is 11.8. The van der Waals surface area contributed by atoms with Gasteiger partial charge in [0.25, 0.3) is 0 Å². The van der Waals surface area contributed by atoms with Crippen molar-refractivity contribution in [1.29, 1.82) is 0 Å². The quantitative estimate of drug-likeness (QED) is 0.496. The maximum atomic E-state index is 11.9. The Hall–Kier alpha value is -2.37. The number of thiophene rings is 1. The molecule has 1 aromatic carbocycles. The van der Waals surface area contributed by atoms with Gasteiger partial charge in [-0.05, 0) is 64.4 Å². The molecule has 2 aromatic heterocycles. The third-order valence-electron chi connectivity index (χ3n) is 3.22. The van der Waals surface area contributed by atoms with Gasteiger partial charge in [-0.2, -0.15) is 11.3 Å². The second-order valence-electron chi connectivity index (χ2n) is 5.05. The van der Waals surface area contributed by atoms with Crippen LogP contribution in [0.5, 0.6) is 0 Å². The van der Waals surface area contributed by atoms with Crippen molar-refractivity contribution >= 4 is 40.8 Å². The van der Waals surface area contributed by atoms with Crippen LogP contribution < -0.4 is 5.32 Å². The number of carbonyl (C=O) groups is 1. The molecule has 24 heavy (non-hydrogen) atoms. The molecule has 0 radical (unpaired) electrons. The summed E-state index contributed by atoms with van der Waals surface area (Å²) in [5.74, 6) is 0.750. The van der Waals surface area contributed by atoms with Crippen LogP contribution in [0, 0.1) is 0 Å². The van der Waals surface area contributed by atoms with E-state index in [1.807, 2.05) is 59.4 Å². The minimum absolute atomic E-state index is 0.128. The second kappa shape index (κ2) is 8.47. The highest BCUT2D eigenvalue weighted by Gasteiger charge is 2.00. The molecule has 0 atom stereocenters. The van der Waals surface area contributed by atoms with Crippen LogP contribution in [0.4, 0.5) is 5.69 Å². The number of anilines is 1. The summed E-state index contributed by atoms with van der Waals surface area (Å²) in [6, 6.07) is 13.8. The number of amides is 1. The summed E-state index contributed by atoms with van der Waals surface area (Å²) in [5.41, 5.74) is 3.02. The first kappa shape index (κ1) is 16.5. The summed E-state index contributed by atoms with van der Waals surface area (Å²) in [4.78, 5) is 17.2. The molecular formula is C19H16N2OS2. The van der Waals surface area contributed by atoms with Crippen LogP contribution >= 0.6 is 23.1 Å². The predicted molar refractivity (Wildman–Crippen MR) is 102 cm³/mol. The Balaban J connectivity index is 1.51. The van der Waals surface area contributed by atoms with Gasteiger partial charge in [0.1, 0.15) is 0 Å². The van der Waals surface area contributed by atoms with Gasteiger partial charge in [-0.15, -0.1) is 11.8 Å². The molecule has 3 rings (SSSR count). The third kappa shape index (κ3) is 5.08. The van der Waals surface area contributed by atoms with E-state index in [0.29, 0.717) is 0 Å². The van der Waals surface area contributed by atoms with Crippen molar-refractivity contribution in [2.45, 2.75) is 10.6 Å². The summed E-state index contributed by atoms with van der Waals surface area (Å²) in [5, 5.41) is 6.85. The van der Waals surface area contributed by atoms with Crippen LogP contribution in [0.2, 0.25) is 0 Å². The molecule has 0 aliphatic rings. The van der Waals surface area contributed by atoms with E-state index in [9.17, 15) is 4.79 Å². The van der Waals surface area contributed by atoms with Crippen LogP contribution in [-0.2, 0) is 10.5 Å². The number of carbonyl (C=O) groups excluding carboxylic acids is 1. The zero-order valence-corrected chi connectivity index (χ0v) is 14.5. The molecule has 0 saturated carbocycles. The number of aromatic nitrogens is 1. The summed E-state index contributed by atoms with van der Waals surface area (Å²) >= 11 is 3.35. The molecule has 120 valence electrons. The molecule has 2 heterocycles. The fourth-order valence-electron chi connectivity index (χ4n) is 2.01. The molecule has 1 N–H and O–H groups in total. The van der Waals surface area contributed by atoms with Gasteiger partial charge in [-0.1, -0.05) is 6.07 Å². The number of thioether (sulfide) groups is 1. The van der Waals surface area contributed by atoms with Gasteiger partial charge < -0.3 is 5.32 Å². The van der Waals surface area contributed by atoms with E-state index in [-0.39, 0.29) is 5.91 Å².